The van der Waals surface area contributed by atoms with Crippen LogP contribution in [0, 0.1) is 12.7 Å². The Morgan fingerprint density at radius 2 is 1.88 bits per heavy atom. The van der Waals surface area contributed by atoms with Crippen LogP contribution in [-0.4, -0.2) is 10.5 Å². The molecule has 1 heterocycles. The number of aryl methyl sites for hydroxylation is 2. The average molecular weight is 352 g/mol. The van der Waals surface area contributed by atoms with Gasteiger partial charge in [0, 0.05) is 18.1 Å². The summed E-state index contributed by atoms with van der Waals surface area (Å²) >= 11 is 0. The first-order valence-electron chi connectivity index (χ1n) is 8.61. The molecule has 0 unspecified atom stereocenters. The molecule has 0 bridgehead atoms. The quantitative estimate of drug-likeness (QED) is 0.773. The van der Waals surface area contributed by atoms with Crippen molar-refractivity contribution >= 4 is 16.8 Å². The molecule has 1 N–H and O–H groups in total. The molecule has 0 radical (unpaired) electrons. The van der Waals surface area contributed by atoms with Crippen LogP contribution in [0.3, 0.4) is 0 Å². The number of fused-ring (bicyclic) bond motifs is 1. The molecule has 3 rings (SSSR count). The van der Waals surface area contributed by atoms with E-state index in [9.17, 15) is 14.0 Å². The van der Waals surface area contributed by atoms with Crippen molar-refractivity contribution in [1.29, 1.82) is 0 Å². The van der Waals surface area contributed by atoms with Gasteiger partial charge < -0.3 is 9.88 Å². The number of pyridine rings is 1. The van der Waals surface area contributed by atoms with E-state index >= 15 is 0 Å². The van der Waals surface area contributed by atoms with Gasteiger partial charge in [0.1, 0.15) is 11.4 Å². The summed E-state index contributed by atoms with van der Waals surface area (Å²) in [5.41, 5.74) is 2.38. The van der Waals surface area contributed by atoms with E-state index in [0.29, 0.717) is 11.9 Å². The maximum absolute atomic E-state index is 13.1. The average Bonchev–Trinajstić information content (AvgIpc) is 2.62. The Balaban J connectivity index is 1.98. The highest BCUT2D eigenvalue weighted by molar-refractivity contribution is 5.97. The van der Waals surface area contributed by atoms with Crippen molar-refractivity contribution in [1.82, 2.24) is 9.88 Å². The van der Waals surface area contributed by atoms with E-state index in [2.05, 4.69) is 5.32 Å². The number of rotatable bonds is 4. The zero-order chi connectivity index (χ0) is 18.8. The van der Waals surface area contributed by atoms with Gasteiger partial charge in [0.05, 0.1) is 11.6 Å². The molecule has 0 spiro atoms. The second-order valence-corrected chi connectivity index (χ2v) is 6.43. The standard InChI is InChI=1S/C21H21FN2O2/c1-4-24-12-18(20(25)17-11-13(2)5-10-19(17)24)21(26)23-14(3)15-6-8-16(22)9-7-15/h5-12,14H,4H2,1-3H3,(H,23,26)/t14-/m1/s1. The van der Waals surface area contributed by atoms with E-state index in [0.717, 1.165) is 16.6 Å². The monoisotopic (exact) mass is 352 g/mol. The van der Waals surface area contributed by atoms with Gasteiger partial charge in [-0.25, -0.2) is 4.39 Å². The van der Waals surface area contributed by atoms with Crippen molar-refractivity contribution in [3.8, 4) is 0 Å². The number of halogens is 1. The van der Waals surface area contributed by atoms with Crippen molar-refractivity contribution in [2.75, 3.05) is 0 Å². The fourth-order valence-electron chi connectivity index (χ4n) is 3.04. The lowest BCUT2D eigenvalue weighted by molar-refractivity contribution is 0.0938. The third kappa shape index (κ3) is 3.38. The van der Waals surface area contributed by atoms with Gasteiger partial charge in [-0.1, -0.05) is 23.8 Å². The lowest BCUT2D eigenvalue weighted by Gasteiger charge is -2.16. The zero-order valence-electron chi connectivity index (χ0n) is 15.0. The summed E-state index contributed by atoms with van der Waals surface area (Å²) in [6.45, 7) is 6.33. The molecule has 4 nitrogen and oxygen atoms in total. The van der Waals surface area contributed by atoms with E-state index in [-0.39, 0.29) is 22.9 Å². The third-order valence-electron chi connectivity index (χ3n) is 4.54. The zero-order valence-corrected chi connectivity index (χ0v) is 15.0. The minimum atomic E-state index is -0.433. The normalized spacial score (nSPS) is 12.2. The van der Waals surface area contributed by atoms with Crippen molar-refractivity contribution < 1.29 is 9.18 Å². The van der Waals surface area contributed by atoms with Crippen LogP contribution in [0.25, 0.3) is 10.9 Å². The summed E-state index contributed by atoms with van der Waals surface area (Å²) in [5.74, 6) is -0.763. The number of carbonyl (C=O) groups is 1. The lowest BCUT2D eigenvalue weighted by Crippen LogP contribution is -2.31. The molecule has 5 heteroatoms. The second kappa shape index (κ2) is 7.12. The summed E-state index contributed by atoms with van der Waals surface area (Å²) in [6, 6.07) is 11.3. The number of benzene rings is 2. The van der Waals surface area contributed by atoms with Crippen LogP contribution in [0.4, 0.5) is 4.39 Å². The number of hydrogen-bond donors (Lipinski definition) is 1. The van der Waals surface area contributed by atoms with Crippen LogP contribution < -0.4 is 10.7 Å². The summed E-state index contributed by atoms with van der Waals surface area (Å²) in [6.07, 6.45) is 1.60. The molecule has 0 saturated carbocycles. The Bertz CT molecular complexity index is 1020. The molecule has 1 atom stereocenters. The molecule has 134 valence electrons. The fourth-order valence-corrected chi connectivity index (χ4v) is 3.04. The molecule has 0 aliphatic heterocycles. The first-order chi connectivity index (χ1) is 12.4. The number of carbonyl (C=O) groups excluding carboxylic acids is 1. The van der Waals surface area contributed by atoms with Crippen LogP contribution >= 0.6 is 0 Å². The fraction of sp³-hybridized carbons (Fsp3) is 0.238. The Hall–Kier alpha value is -2.95. The number of nitrogens with zero attached hydrogens (tertiary/aromatic N) is 1. The molecule has 0 fully saturated rings. The predicted octanol–water partition coefficient (Wildman–Crippen LogP) is 3.96. The molecule has 2 aromatic carbocycles. The van der Waals surface area contributed by atoms with E-state index in [1.165, 1.54) is 12.1 Å². The summed E-state index contributed by atoms with van der Waals surface area (Å²) in [5, 5.41) is 3.36. The number of aromatic nitrogens is 1. The van der Waals surface area contributed by atoms with Crippen LogP contribution in [0.15, 0.2) is 53.5 Å². The SMILES string of the molecule is CCn1cc(C(=O)N[C@H](C)c2ccc(F)cc2)c(=O)c2cc(C)ccc21. The smallest absolute Gasteiger partial charge is 0.257 e. The molecule has 1 amide bonds. The maximum Gasteiger partial charge on any atom is 0.257 e. The molecule has 0 aliphatic carbocycles. The molecule has 0 aliphatic rings. The molecule has 26 heavy (non-hydrogen) atoms. The lowest BCUT2D eigenvalue weighted by atomic mass is 10.1. The van der Waals surface area contributed by atoms with Gasteiger partial charge in [-0.05, 0) is 50.6 Å². The van der Waals surface area contributed by atoms with E-state index in [4.69, 9.17) is 0 Å². The third-order valence-corrected chi connectivity index (χ3v) is 4.54. The van der Waals surface area contributed by atoms with Crippen molar-refractivity contribution in [3.05, 3.63) is 81.4 Å². The largest absolute Gasteiger partial charge is 0.347 e. The Morgan fingerprint density at radius 1 is 1.19 bits per heavy atom. The molecule has 1 aromatic heterocycles. The maximum atomic E-state index is 13.1. The van der Waals surface area contributed by atoms with Gasteiger partial charge >= 0.3 is 0 Å². The number of amides is 1. The molecule has 0 saturated heterocycles. The van der Waals surface area contributed by atoms with Gasteiger partial charge in [-0.2, -0.15) is 0 Å². The van der Waals surface area contributed by atoms with Gasteiger partial charge in [0.2, 0.25) is 5.43 Å². The Kier molecular flexibility index (Phi) is 4.89. The number of hydrogen-bond acceptors (Lipinski definition) is 2. The number of nitrogens with one attached hydrogen (secondary N) is 1. The van der Waals surface area contributed by atoms with E-state index < -0.39 is 5.91 Å². The van der Waals surface area contributed by atoms with Crippen LogP contribution in [0.1, 0.15) is 41.4 Å². The minimum Gasteiger partial charge on any atom is -0.347 e. The van der Waals surface area contributed by atoms with Crippen molar-refractivity contribution in [2.45, 2.75) is 33.4 Å². The van der Waals surface area contributed by atoms with Crippen LogP contribution in [0.2, 0.25) is 0 Å². The highest BCUT2D eigenvalue weighted by Crippen LogP contribution is 2.16. The van der Waals surface area contributed by atoms with Crippen LogP contribution in [-0.2, 0) is 6.54 Å². The van der Waals surface area contributed by atoms with Gasteiger partial charge in [-0.3, -0.25) is 9.59 Å². The van der Waals surface area contributed by atoms with Crippen molar-refractivity contribution in [3.63, 3.8) is 0 Å². The highest BCUT2D eigenvalue weighted by Gasteiger charge is 2.17. The summed E-state index contributed by atoms with van der Waals surface area (Å²) < 4.78 is 15.0. The topological polar surface area (TPSA) is 51.1 Å². The first-order valence-corrected chi connectivity index (χ1v) is 8.61. The van der Waals surface area contributed by atoms with Gasteiger partial charge in [0.25, 0.3) is 5.91 Å². The summed E-state index contributed by atoms with van der Waals surface area (Å²) in [4.78, 5) is 25.5. The van der Waals surface area contributed by atoms with E-state index in [1.54, 1.807) is 25.3 Å². The molecule has 3 aromatic rings. The van der Waals surface area contributed by atoms with Crippen molar-refractivity contribution in [2.24, 2.45) is 0 Å². The predicted molar refractivity (Wildman–Crippen MR) is 101 cm³/mol. The Labute approximate surface area is 151 Å². The van der Waals surface area contributed by atoms with E-state index in [1.807, 2.05) is 36.6 Å². The van der Waals surface area contributed by atoms with Gasteiger partial charge in [-0.15, -0.1) is 0 Å². The molecular formula is C21H21FN2O2. The van der Waals surface area contributed by atoms with Gasteiger partial charge in [0.15, 0.2) is 0 Å². The Morgan fingerprint density at radius 3 is 2.54 bits per heavy atom. The van der Waals surface area contributed by atoms with Crippen LogP contribution in [0.5, 0.6) is 0 Å². The minimum absolute atomic E-state index is 0.110. The second-order valence-electron chi connectivity index (χ2n) is 6.43. The first kappa shape index (κ1) is 17.9. The molecular weight excluding hydrogens is 331 g/mol. The highest BCUT2D eigenvalue weighted by atomic mass is 19.1. The summed E-state index contributed by atoms with van der Waals surface area (Å²) in [7, 11) is 0.